The lowest BCUT2D eigenvalue weighted by Gasteiger charge is -2.45. The second-order valence-corrected chi connectivity index (χ2v) is 11.1. The molecule has 3 aromatic rings. The van der Waals surface area contributed by atoms with Gasteiger partial charge < -0.3 is 20.5 Å². The first-order chi connectivity index (χ1) is 17.3. The molecule has 37 heavy (non-hydrogen) atoms. The maximum atomic E-state index is 13.3. The molecule has 0 bridgehead atoms. The normalized spacial score (nSPS) is 16.2. The molecule has 4 rings (SSSR count). The van der Waals surface area contributed by atoms with Gasteiger partial charge in [0.1, 0.15) is 17.7 Å². The Morgan fingerprint density at radius 2 is 1.97 bits per heavy atom. The number of aromatic amines is 1. The number of anilines is 1. The van der Waals surface area contributed by atoms with Gasteiger partial charge in [0, 0.05) is 48.1 Å². The van der Waals surface area contributed by atoms with Crippen molar-refractivity contribution in [3.63, 3.8) is 0 Å². The fourth-order valence-electron chi connectivity index (χ4n) is 4.46. The maximum Gasteiger partial charge on any atom is 0.252 e. The molecule has 0 spiro atoms. The average Bonchev–Trinajstić information content (AvgIpc) is 3.48. The van der Waals surface area contributed by atoms with Gasteiger partial charge in [0.15, 0.2) is 0 Å². The van der Waals surface area contributed by atoms with Crippen LogP contribution in [0.4, 0.5) is 5.69 Å². The van der Waals surface area contributed by atoms with E-state index in [0.717, 1.165) is 22.2 Å². The van der Waals surface area contributed by atoms with Gasteiger partial charge in [-0.2, -0.15) is 9.19 Å². The van der Waals surface area contributed by atoms with Gasteiger partial charge in [-0.05, 0) is 32.0 Å². The molecule has 13 heteroatoms. The molecule has 12 nitrogen and oxygen atoms in total. The number of amides is 2. The summed E-state index contributed by atoms with van der Waals surface area (Å²) in [5, 5.41) is 11.2. The minimum absolute atomic E-state index is 0.0387. The monoisotopic (exact) mass is 524 g/mol. The Bertz CT molecular complexity index is 1530. The van der Waals surface area contributed by atoms with Crippen molar-refractivity contribution in [1.82, 2.24) is 19.1 Å². The number of nitrogens with one attached hydrogen (secondary N) is 2. The Morgan fingerprint density at radius 1 is 1.24 bits per heavy atom. The molecule has 3 heterocycles. The Labute approximate surface area is 214 Å². The third-order valence-electron chi connectivity index (χ3n) is 6.33. The van der Waals surface area contributed by atoms with Crippen molar-refractivity contribution in [2.45, 2.75) is 26.3 Å². The molecule has 2 aromatic heterocycles. The first-order valence-corrected chi connectivity index (χ1v) is 13.2. The molecule has 2 amide bonds. The summed E-state index contributed by atoms with van der Waals surface area (Å²) in [5.74, 6) is -0.298. The average molecular weight is 525 g/mol. The summed E-state index contributed by atoms with van der Waals surface area (Å²) in [6.45, 7) is 5.70. The second kappa shape index (κ2) is 9.32. The van der Waals surface area contributed by atoms with Crippen LogP contribution >= 0.6 is 0 Å². The Balaban J connectivity index is 1.76. The van der Waals surface area contributed by atoms with Crippen molar-refractivity contribution in [3.05, 3.63) is 48.4 Å². The van der Waals surface area contributed by atoms with Crippen LogP contribution in [0.1, 0.15) is 26.5 Å². The van der Waals surface area contributed by atoms with E-state index in [9.17, 15) is 18.0 Å². The van der Waals surface area contributed by atoms with Gasteiger partial charge in [-0.15, -0.1) is 0 Å². The van der Waals surface area contributed by atoms with E-state index in [0.29, 0.717) is 41.3 Å². The van der Waals surface area contributed by atoms with E-state index in [1.165, 1.54) is 19.3 Å². The number of benzene rings is 1. The molecular formula is C24H28N8O4S. The van der Waals surface area contributed by atoms with E-state index in [2.05, 4.69) is 15.1 Å². The molecule has 1 fully saturated rings. The summed E-state index contributed by atoms with van der Waals surface area (Å²) in [5.41, 5.74) is 8.58. The number of rotatable bonds is 6. The van der Waals surface area contributed by atoms with E-state index in [1.54, 1.807) is 29.7 Å². The van der Waals surface area contributed by atoms with E-state index in [1.807, 2.05) is 24.3 Å². The molecule has 194 valence electrons. The van der Waals surface area contributed by atoms with E-state index >= 15 is 0 Å². The quantitative estimate of drug-likeness (QED) is 0.327. The largest absolute Gasteiger partial charge is 0.382 e. The van der Waals surface area contributed by atoms with E-state index in [4.69, 9.17) is 11.1 Å². The predicted octanol–water partition coefficient (Wildman–Crippen LogP) is 1.64. The van der Waals surface area contributed by atoms with Gasteiger partial charge in [0.05, 0.1) is 24.3 Å². The van der Waals surface area contributed by atoms with Gasteiger partial charge in [-0.25, -0.2) is 13.4 Å². The van der Waals surface area contributed by atoms with Crippen LogP contribution in [0.5, 0.6) is 0 Å². The first-order valence-electron chi connectivity index (χ1n) is 11.4. The van der Waals surface area contributed by atoms with Crippen molar-refractivity contribution < 1.29 is 18.0 Å². The number of aromatic nitrogens is 3. The van der Waals surface area contributed by atoms with Crippen LogP contribution in [0.15, 0.2) is 47.7 Å². The molecule has 0 saturated carbocycles. The zero-order valence-corrected chi connectivity index (χ0v) is 21.7. The Morgan fingerprint density at radius 3 is 2.59 bits per heavy atom. The van der Waals surface area contributed by atoms with Gasteiger partial charge in [0.25, 0.3) is 15.9 Å². The number of H-pyrrole nitrogens is 1. The van der Waals surface area contributed by atoms with Crippen LogP contribution in [0.25, 0.3) is 22.4 Å². The predicted molar refractivity (Wildman–Crippen MR) is 141 cm³/mol. The molecule has 1 aromatic carbocycles. The fourth-order valence-corrected chi connectivity index (χ4v) is 4.99. The first kappa shape index (κ1) is 25.8. The zero-order chi connectivity index (χ0) is 27.1. The number of nitrogens with two attached hydrogens (primary N) is 1. The van der Waals surface area contributed by atoms with Crippen LogP contribution in [0.2, 0.25) is 0 Å². The van der Waals surface area contributed by atoms with Crippen molar-refractivity contribution >= 4 is 39.7 Å². The van der Waals surface area contributed by atoms with Crippen molar-refractivity contribution in [1.29, 1.82) is 5.41 Å². The molecule has 0 atom stereocenters. The number of aliphatic imine (C=N–C) groups is 1. The van der Waals surface area contributed by atoms with Gasteiger partial charge in [-0.1, -0.05) is 12.1 Å². The lowest BCUT2D eigenvalue weighted by molar-refractivity contribution is -0.145. The molecular weight excluding hydrogens is 496 g/mol. The van der Waals surface area contributed by atoms with Crippen molar-refractivity contribution in [2.24, 2.45) is 10.7 Å². The number of carbonyl (C=O) groups is 2. The number of piperazine rings is 1. The topological polar surface area (TPSA) is 171 Å². The van der Waals surface area contributed by atoms with E-state index < -0.39 is 15.6 Å². The highest BCUT2D eigenvalue weighted by Gasteiger charge is 2.43. The minimum atomic E-state index is -3.59. The lowest BCUT2D eigenvalue weighted by atomic mass is 9.96. The number of carbonyl (C=O) groups excluding carboxylic acids is 2. The standard InChI is InChI=1S/C24H28N8O4S/c1-15(33)31-9-8-30(23(34)24(31,2)3)18-7-5-6-16(10-18)20-11-19(21(29-20)22(26)27-14-25)17-12-28-32(13-17)37(4,35)36/h5-7,10-14,29H,8-9H2,1-4H3,(H3,25,26,27). The third kappa shape index (κ3) is 4.77. The molecule has 0 radical (unpaired) electrons. The highest BCUT2D eigenvalue weighted by Crippen LogP contribution is 2.33. The molecule has 1 aliphatic heterocycles. The van der Waals surface area contributed by atoms with Crippen LogP contribution in [-0.2, 0) is 19.6 Å². The summed E-state index contributed by atoms with van der Waals surface area (Å²) in [4.78, 5) is 35.6. The Kier molecular flexibility index (Phi) is 6.50. The highest BCUT2D eigenvalue weighted by atomic mass is 32.2. The van der Waals surface area contributed by atoms with Gasteiger partial charge in [-0.3, -0.25) is 15.0 Å². The van der Waals surface area contributed by atoms with Gasteiger partial charge in [0.2, 0.25) is 5.91 Å². The summed E-state index contributed by atoms with van der Waals surface area (Å²) in [7, 11) is -3.59. The SMILES string of the molecule is CC(=O)N1CCN(c2cccc(-c3cc(-c4cnn(S(C)(=O)=O)c4)c(C(N)=NC=N)[nH]3)c2)C(=O)C1(C)C. The smallest absolute Gasteiger partial charge is 0.252 e. The molecule has 0 unspecified atom stereocenters. The maximum absolute atomic E-state index is 13.3. The van der Waals surface area contributed by atoms with Crippen LogP contribution in [-0.4, -0.2) is 76.4 Å². The van der Waals surface area contributed by atoms with Crippen molar-refractivity contribution in [3.8, 4) is 22.4 Å². The van der Waals surface area contributed by atoms with E-state index in [-0.39, 0.29) is 17.6 Å². The van der Waals surface area contributed by atoms with Crippen LogP contribution in [0.3, 0.4) is 0 Å². The number of hydrogen-bond donors (Lipinski definition) is 3. The summed E-state index contributed by atoms with van der Waals surface area (Å²) in [6, 6.07) is 9.13. The van der Waals surface area contributed by atoms with Crippen LogP contribution < -0.4 is 10.6 Å². The Hall–Kier alpha value is -4.26. The number of hydrogen-bond acceptors (Lipinski definition) is 6. The summed E-state index contributed by atoms with van der Waals surface area (Å²) >= 11 is 0. The third-order valence-corrected chi connectivity index (χ3v) is 7.21. The molecule has 4 N–H and O–H groups in total. The minimum Gasteiger partial charge on any atom is -0.382 e. The molecule has 1 aliphatic rings. The van der Waals surface area contributed by atoms with Crippen molar-refractivity contribution in [2.75, 3.05) is 24.2 Å². The number of nitrogens with zero attached hydrogens (tertiary/aromatic N) is 5. The number of amidine groups is 1. The zero-order valence-electron chi connectivity index (χ0n) is 20.9. The summed E-state index contributed by atoms with van der Waals surface area (Å²) in [6.07, 6.45) is 4.63. The molecule has 0 aliphatic carbocycles. The summed E-state index contributed by atoms with van der Waals surface area (Å²) < 4.78 is 24.7. The van der Waals surface area contributed by atoms with Gasteiger partial charge >= 0.3 is 0 Å². The molecule has 1 saturated heterocycles. The highest BCUT2D eigenvalue weighted by molar-refractivity contribution is 7.89. The fraction of sp³-hybridized carbons (Fsp3) is 0.292. The second-order valence-electron chi connectivity index (χ2n) is 9.22. The lowest BCUT2D eigenvalue weighted by Crippen LogP contribution is -2.64. The van der Waals surface area contributed by atoms with Crippen LogP contribution in [0, 0.1) is 5.41 Å².